The molecular weight excluding hydrogens is 484 g/mol. The Hall–Kier alpha value is -3.52. The van der Waals surface area contributed by atoms with Crippen LogP contribution in [-0.2, 0) is 24.4 Å². The summed E-state index contributed by atoms with van der Waals surface area (Å²) < 4.78 is 17.6. The number of aliphatic hydroxyl groups is 1. The molecule has 0 heterocycles. The van der Waals surface area contributed by atoms with Crippen LogP contribution in [-0.4, -0.2) is 18.3 Å². The zero-order chi connectivity index (χ0) is 27.7. The minimum Gasteiger partial charge on any atom is -0.497 e. The maximum absolute atomic E-state index is 11.0. The van der Waals surface area contributed by atoms with E-state index in [2.05, 4.69) is 37.5 Å². The van der Waals surface area contributed by atoms with E-state index >= 15 is 0 Å². The van der Waals surface area contributed by atoms with Gasteiger partial charge in [-0.25, -0.2) is 0 Å². The van der Waals surface area contributed by atoms with Crippen molar-refractivity contribution in [3.63, 3.8) is 0 Å². The summed E-state index contributed by atoms with van der Waals surface area (Å²) in [6, 6.07) is 23.8. The highest BCUT2D eigenvalue weighted by atomic mass is 16.5. The fraction of sp³-hybridized carbons (Fsp3) is 0.371. The summed E-state index contributed by atoms with van der Waals surface area (Å²) in [6.07, 6.45) is 7.77. The molecular formula is C35H42O4. The third kappa shape index (κ3) is 10.3. The minimum absolute atomic E-state index is 0.161. The van der Waals surface area contributed by atoms with Crippen LogP contribution in [0.2, 0.25) is 0 Å². The molecule has 0 saturated carbocycles. The lowest BCUT2D eigenvalue weighted by Crippen LogP contribution is -2.13. The molecule has 0 unspecified atom stereocenters. The fourth-order valence-corrected chi connectivity index (χ4v) is 4.42. The smallest absolute Gasteiger partial charge is 0.140 e. The molecule has 39 heavy (non-hydrogen) atoms. The second-order valence-corrected chi connectivity index (χ2v) is 9.63. The SMILES string of the molecule is C=CCc1c(OCc2ccc(OC)cc2)cccc1[C@H](O)C#CCC[C@H](CCCCC)OCc1ccccc1. The van der Waals surface area contributed by atoms with Crippen LogP contribution in [0.25, 0.3) is 0 Å². The van der Waals surface area contributed by atoms with E-state index in [1.54, 1.807) is 7.11 Å². The zero-order valence-electron chi connectivity index (χ0n) is 23.4. The maximum atomic E-state index is 11.0. The summed E-state index contributed by atoms with van der Waals surface area (Å²) in [5.74, 6) is 7.80. The third-order valence-corrected chi connectivity index (χ3v) is 6.65. The molecule has 206 valence electrons. The van der Waals surface area contributed by atoms with E-state index in [9.17, 15) is 5.11 Å². The highest BCUT2D eigenvalue weighted by molar-refractivity contribution is 5.45. The fourth-order valence-electron chi connectivity index (χ4n) is 4.42. The van der Waals surface area contributed by atoms with Crippen molar-refractivity contribution in [2.24, 2.45) is 0 Å². The van der Waals surface area contributed by atoms with Crippen LogP contribution in [0.15, 0.2) is 85.5 Å². The van der Waals surface area contributed by atoms with Gasteiger partial charge in [0.25, 0.3) is 0 Å². The molecule has 0 saturated heterocycles. The van der Waals surface area contributed by atoms with Gasteiger partial charge in [0.05, 0.1) is 19.8 Å². The monoisotopic (exact) mass is 526 g/mol. The maximum Gasteiger partial charge on any atom is 0.140 e. The molecule has 0 fully saturated rings. The Balaban J connectivity index is 1.61. The first-order valence-corrected chi connectivity index (χ1v) is 13.9. The van der Waals surface area contributed by atoms with E-state index in [-0.39, 0.29) is 6.10 Å². The molecule has 0 bridgehead atoms. The quantitative estimate of drug-likeness (QED) is 0.117. The van der Waals surface area contributed by atoms with Gasteiger partial charge in [0.15, 0.2) is 0 Å². The number of hydrogen-bond acceptors (Lipinski definition) is 4. The van der Waals surface area contributed by atoms with Crippen molar-refractivity contribution >= 4 is 0 Å². The summed E-state index contributed by atoms with van der Waals surface area (Å²) in [6.45, 7) is 7.14. The van der Waals surface area contributed by atoms with E-state index in [0.717, 1.165) is 47.5 Å². The standard InChI is InChI=1S/C35H42O4/c1-4-6-8-17-31(38-26-28-15-9-7-10-16-28)18-11-12-20-34(36)32-19-13-21-35(33(32)14-5-2)39-27-29-22-24-30(37-3)25-23-29/h5,7,9-10,13,15-16,19,21-25,31,34,36H,2,4,6,8,11,14,17-18,26-27H2,1,3H3/t31-,34+/m0/s1. The lowest BCUT2D eigenvalue weighted by atomic mass is 9.98. The first kappa shape index (κ1) is 30.0. The normalized spacial score (nSPS) is 12.2. The first-order valence-electron chi connectivity index (χ1n) is 13.9. The number of rotatable bonds is 16. The largest absolute Gasteiger partial charge is 0.497 e. The molecule has 4 heteroatoms. The van der Waals surface area contributed by atoms with Crippen molar-refractivity contribution in [3.05, 3.63) is 108 Å². The van der Waals surface area contributed by atoms with Crippen LogP contribution in [0.3, 0.4) is 0 Å². The number of methoxy groups -OCH3 is 1. The zero-order valence-corrected chi connectivity index (χ0v) is 23.4. The predicted octanol–water partition coefficient (Wildman–Crippen LogP) is 7.99. The van der Waals surface area contributed by atoms with Gasteiger partial charge in [-0.05, 0) is 54.2 Å². The van der Waals surface area contributed by atoms with Crippen molar-refractivity contribution in [1.82, 2.24) is 0 Å². The van der Waals surface area contributed by atoms with Crippen LogP contribution in [0, 0.1) is 11.8 Å². The molecule has 1 N–H and O–H groups in total. The lowest BCUT2D eigenvalue weighted by molar-refractivity contribution is 0.0288. The number of unbranched alkanes of at least 4 members (excludes halogenated alkanes) is 2. The molecule has 0 aliphatic carbocycles. The Kier molecular flexibility index (Phi) is 13.2. The van der Waals surface area contributed by atoms with Crippen LogP contribution in [0.1, 0.15) is 73.8 Å². The second kappa shape index (κ2) is 17.1. The molecule has 2 atom stereocenters. The van der Waals surface area contributed by atoms with E-state index in [0.29, 0.717) is 26.1 Å². The van der Waals surface area contributed by atoms with Crippen LogP contribution < -0.4 is 9.47 Å². The molecule has 0 aliphatic rings. The molecule has 4 nitrogen and oxygen atoms in total. The van der Waals surface area contributed by atoms with E-state index in [1.807, 2.05) is 66.7 Å². The molecule has 0 spiro atoms. The Morgan fingerprint density at radius 2 is 1.67 bits per heavy atom. The molecule has 3 aromatic carbocycles. The van der Waals surface area contributed by atoms with Gasteiger partial charge >= 0.3 is 0 Å². The summed E-state index contributed by atoms with van der Waals surface area (Å²) in [5, 5.41) is 11.0. The number of benzene rings is 3. The van der Waals surface area contributed by atoms with E-state index < -0.39 is 6.10 Å². The van der Waals surface area contributed by atoms with Gasteiger partial charge < -0.3 is 19.3 Å². The van der Waals surface area contributed by atoms with E-state index in [4.69, 9.17) is 14.2 Å². The van der Waals surface area contributed by atoms with Crippen LogP contribution in [0.5, 0.6) is 11.5 Å². The Bertz CT molecular complexity index is 1170. The van der Waals surface area contributed by atoms with Crippen LogP contribution >= 0.6 is 0 Å². The summed E-state index contributed by atoms with van der Waals surface area (Å²) in [7, 11) is 1.65. The van der Waals surface area contributed by atoms with Crippen molar-refractivity contribution in [2.45, 2.75) is 77.3 Å². The average Bonchev–Trinajstić information content (AvgIpc) is 2.98. The number of allylic oxidation sites excluding steroid dienone is 1. The van der Waals surface area contributed by atoms with Gasteiger partial charge in [0.1, 0.15) is 24.2 Å². The Morgan fingerprint density at radius 1 is 0.897 bits per heavy atom. The van der Waals surface area contributed by atoms with Gasteiger partial charge in [0, 0.05) is 12.0 Å². The minimum atomic E-state index is -0.895. The van der Waals surface area contributed by atoms with Gasteiger partial charge in [-0.3, -0.25) is 0 Å². The summed E-state index contributed by atoms with van der Waals surface area (Å²) in [5.41, 5.74) is 3.89. The van der Waals surface area contributed by atoms with Gasteiger partial charge in [-0.15, -0.1) is 12.5 Å². The summed E-state index contributed by atoms with van der Waals surface area (Å²) in [4.78, 5) is 0. The first-order chi connectivity index (χ1) is 19.1. The van der Waals surface area contributed by atoms with Gasteiger partial charge in [-0.1, -0.05) is 92.8 Å². The van der Waals surface area contributed by atoms with Crippen molar-refractivity contribution in [3.8, 4) is 23.3 Å². The molecule has 0 radical (unpaired) electrons. The number of hydrogen-bond donors (Lipinski definition) is 1. The molecule has 3 rings (SSSR count). The summed E-state index contributed by atoms with van der Waals surface area (Å²) >= 11 is 0. The topological polar surface area (TPSA) is 47.9 Å². The average molecular weight is 527 g/mol. The highest BCUT2D eigenvalue weighted by Gasteiger charge is 2.15. The van der Waals surface area contributed by atoms with Crippen molar-refractivity contribution in [2.75, 3.05) is 7.11 Å². The Labute approximate surface area is 234 Å². The van der Waals surface area contributed by atoms with Crippen LogP contribution in [0.4, 0.5) is 0 Å². The lowest BCUT2D eigenvalue weighted by Gasteiger charge is -2.17. The van der Waals surface area contributed by atoms with Crippen molar-refractivity contribution in [1.29, 1.82) is 0 Å². The third-order valence-electron chi connectivity index (χ3n) is 6.65. The molecule has 0 aliphatic heterocycles. The molecule has 3 aromatic rings. The van der Waals surface area contributed by atoms with Crippen molar-refractivity contribution < 1.29 is 19.3 Å². The van der Waals surface area contributed by atoms with E-state index in [1.165, 1.54) is 18.4 Å². The number of ether oxygens (including phenoxy) is 3. The van der Waals surface area contributed by atoms with Gasteiger partial charge in [0.2, 0.25) is 0 Å². The molecule has 0 aromatic heterocycles. The highest BCUT2D eigenvalue weighted by Crippen LogP contribution is 2.29. The second-order valence-electron chi connectivity index (χ2n) is 9.63. The molecule has 0 amide bonds. The predicted molar refractivity (Wildman–Crippen MR) is 159 cm³/mol. The number of aliphatic hydroxyl groups excluding tert-OH is 1. The van der Waals surface area contributed by atoms with Gasteiger partial charge in [-0.2, -0.15) is 0 Å². The Morgan fingerprint density at radius 3 is 2.38 bits per heavy atom.